The quantitative estimate of drug-likeness (QED) is 0.804. The third-order valence-electron chi connectivity index (χ3n) is 3.25. The monoisotopic (exact) mass is 267 g/mol. The number of hydrogen-bond donors (Lipinski definition) is 1. The Balaban J connectivity index is 1.73. The van der Waals surface area contributed by atoms with Gasteiger partial charge >= 0.3 is 0 Å². The van der Waals surface area contributed by atoms with Crippen molar-refractivity contribution in [3.63, 3.8) is 0 Å². The summed E-state index contributed by atoms with van der Waals surface area (Å²) in [5.41, 5.74) is 1.88. The number of aromatic nitrogens is 1. The lowest BCUT2D eigenvalue weighted by Crippen LogP contribution is -2.26. The van der Waals surface area contributed by atoms with Crippen LogP contribution < -0.4 is 5.32 Å². The van der Waals surface area contributed by atoms with Crippen molar-refractivity contribution in [1.82, 2.24) is 10.3 Å². The molecule has 1 aromatic heterocycles. The van der Waals surface area contributed by atoms with Gasteiger partial charge in [0.15, 0.2) is 0 Å². The SMILES string of the molecule is C(#Cc1csc(C2CCNCC2)n1)c1c[c]ccc1. The molecule has 1 N–H and O–H groups in total. The second-order valence-corrected chi connectivity index (χ2v) is 5.53. The lowest BCUT2D eigenvalue weighted by Gasteiger charge is -2.20. The first-order valence-corrected chi connectivity index (χ1v) is 7.44. The number of nitrogens with zero attached hydrogens (tertiary/aromatic N) is 1. The molecule has 0 bridgehead atoms. The van der Waals surface area contributed by atoms with Crippen LogP contribution in [0, 0.1) is 17.9 Å². The molecule has 0 aliphatic carbocycles. The lowest BCUT2D eigenvalue weighted by molar-refractivity contribution is 0.459. The topological polar surface area (TPSA) is 24.9 Å². The van der Waals surface area contributed by atoms with Gasteiger partial charge in [-0.15, -0.1) is 11.3 Å². The van der Waals surface area contributed by atoms with E-state index in [1.54, 1.807) is 11.3 Å². The van der Waals surface area contributed by atoms with E-state index in [2.05, 4.69) is 33.6 Å². The standard InChI is InChI=1S/C16H15N2S/c1-2-4-13(5-3-1)6-7-15-12-19-16(18-15)14-8-10-17-11-9-14/h1-2,4-5,12,14,17H,8-11H2. The minimum absolute atomic E-state index is 0.617. The maximum absolute atomic E-state index is 4.66. The second-order valence-electron chi connectivity index (χ2n) is 4.64. The Labute approximate surface area is 117 Å². The van der Waals surface area contributed by atoms with Crippen molar-refractivity contribution in [1.29, 1.82) is 0 Å². The highest BCUT2D eigenvalue weighted by Crippen LogP contribution is 2.27. The highest BCUT2D eigenvalue weighted by molar-refractivity contribution is 7.09. The van der Waals surface area contributed by atoms with Gasteiger partial charge in [0, 0.05) is 16.9 Å². The zero-order chi connectivity index (χ0) is 12.9. The van der Waals surface area contributed by atoms with Crippen LogP contribution in [0.1, 0.15) is 35.0 Å². The number of rotatable bonds is 1. The highest BCUT2D eigenvalue weighted by Gasteiger charge is 2.17. The summed E-state index contributed by atoms with van der Waals surface area (Å²) in [7, 11) is 0. The molecule has 0 amide bonds. The van der Waals surface area contributed by atoms with Crippen LogP contribution in [-0.2, 0) is 0 Å². The average Bonchev–Trinajstić information content (AvgIpc) is 2.96. The molecule has 1 fully saturated rings. The van der Waals surface area contributed by atoms with E-state index in [-0.39, 0.29) is 0 Å². The van der Waals surface area contributed by atoms with Gasteiger partial charge in [0.25, 0.3) is 0 Å². The van der Waals surface area contributed by atoms with Gasteiger partial charge in [-0.05, 0) is 50.1 Å². The van der Waals surface area contributed by atoms with Crippen LogP contribution in [0.4, 0.5) is 0 Å². The maximum Gasteiger partial charge on any atom is 0.124 e. The largest absolute Gasteiger partial charge is 0.317 e. The van der Waals surface area contributed by atoms with Crippen molar-refractivity contribution < 1.29 is 0 Å². The molecule has 2 aromatic rings. The number of thiazole rings is 1. The summed E-state index contributed by atoms with van der Waals surface area (Å²) in [4.78, 5) is 4.66. The predicted molar refractivity (Wildman–Crippen MR) is 78.2 cm³/mol. The minimum Gasteiger partial charge on any atom is -0.317 e. The van der Waals surface area contributed by atoms with Gasteiger partial charge in [-0.25, -0.2) is 4.98 Å². The Morgan fingerprint density at radius 2 is 2.21 bits per heavy atom. The van der Waals surface area contributed by atoms with Crippen molar-refractivity contribution >= 4 is 11.3 Å². The number of hydrogen-bond acceptors (Lipinski definition) is 3. The van der Waals surface area contributed by atoms with Gasteiger partial charge in [-0.2, -0.15) is 0 Å². The third-order valence-corrected chi connectivity index (χ3v) is 4.26. The fourth-order valence-electron chi connectivity index (χ4n) is 2.21. The van der Waals surface area contributed by atoms with E-state index in [1.165, 1.54) is 17.8 Å². The fourth-order valence-corrected chi connectivity index (χ4v) is 3.13. The van der Waals surface area contributed by atoms with Crippen LogP contribution in [0.15, 0.2) is 29.6 Å². The van der Waals surface area contributed by atoms with Crippen LogP contribution in [0.25, 0.3) is 0 Å². The normalized spacial score (nSPS) is 15.8. The second kappa shape index (κ2) is 6.01. The molecule has 0 atom stereocenters. The summed E-state index contributed by atoms with van der Waals surface area (Å²) in [5, 5.41) is 6.69. The summed E-state index contributed by atoms with van der Waals surface area (Å²) in [5.74, 6) is 6.88. The van der Waals surface area contributed by atoms with Gasteiger partial charge in [0.05, 0.1) is 5.01 Å². The van der Waals surface area contributed by atoms with Crippen LogP contribution >= 0.6 is 11.3 Å². The summed E-state index contributed by atoms with van der Waals surface area (Å²) in [6.45, 7) is 2.20. The zero-order valence-electron chi connectivity index (χ0n) is 10.6. The molecule has 2 heterocycles. The van der Waals surface area contributed by atoms with E-state index in [9.17, 15) is 0 Å². The molecule has 1 radical (unpaired) electrons. The molecule has 2 nitrogen and oxygen atoms in total. The molecule has 3 rings (SSSR count). The molecule has 3 heteroatoms. The summed E-state index contributed by atoms with van der Waals surface area (Å²) in [6.07, 6.45) is 2.38. The summed E-state index contributed by atoms with van der Waals surface area (Å²) >= 11 is 1.74. The van der Waals surface area contributed by atoms with Crippen molar-refractivity contribution in [3.05, 3.63) is 52.0 Å². The van der Waals surface area contributed by atoms with Crippen LogP contribution in [0.3, 0.4) is 0 Å². The molecule has 1 aliphatic rings. The molecule has 0 spiro atoms. The minimum atomic E-state index is 0.617. The molecule has 1 saturated heterocycles. The van der Waals surface area contributed by atoms with E-state index in [0.717, 1.165) is 24.3 Å². The van der Waals surface area contributed by atoms with Gasteiger partial charge < -0.3 is 5.32 Å². The van der Waals surface area contributed by atoms with E-state index in [0.29, 0.717) is 5.92 Å². The molecule has 19 heavy (non-hydrogen) atoms. The van der Waals surface area contributed by atoms with E-state index >= 15 is 0 Å². The Bertz CT molecular complexity index is 586. The molecule has 95 valence electrons. The number of benzene rings is 1. The molecular weight excluding hydrogens is 252 g/mol. The van der Waals surface area contributed by atoms with Crippen LogP contribution in [0.5, 0.6) is 0 Å². The predicted octanol–water partition coefficient (Wildman–Crippen LogP) is 2.81. The van der Waals surface area contributed by atoms with Crippen molar-refractivity contribution in [2.24, 2.45) is 0 Å². The Morgan fingerprint density at radius 1 is 1.32 bits per heavy atom. The van der Waals surface area contributed by atoms with Crippen molar-refractivity contribution in [2.75, 3.05) is 13.1 Å². The Morgan fingerprint density at radius 3 is 3.00 bits per heavy atom. The first-order chi connectivity index (χ1) is 9.42. The number of nitrogens with one attached hydrogen (secondary N) is 1. The first kappa shape index (κ1) is 12.4. The van der Waals surface area contributed by atoms with Crippen LogP contribution in [-0.4, -0.2) is 18.1 Å². The van der Waals surface area contributed by atoms with E-state index < -0.39 is 0 Å². The lowest BCUT2D eigenvalue weighted by atomic mass is 9.99. The molecule has 1 aliphatic heterocycles. The Kier molecular flexibility index (Phi) is 3.92. The number of piperidine rings is 1. The molecule has 0 saturated carbocycles. The maximum atomic E-state index is 4.66. The van der Waals surface area contributed by atoms with Gasteiger partial charge in [0.1, 0.15) is 5.69 Å². The molecule has 0 unspecified atom stereocenters. The van der Waals surface area contributed by atoms with Crippen molar-refractivity contribution in [2.45, 2.75) is 18.8 Å². The van der Waals surface area contributed by atoms with Gasteiger partial charge in [-0.1, -0.05) is 18.1 Å². The third kappa shape index (κ3) is 3.23. The zero-order valence-corrected chi connectivity index (χ0v) is 11.5. The van der Waals surface area contributed by atoms with E-state index in [4.69, 9.17) is 0 Å². The Hall–Kier alpha value is -1.63. The first-order valence-electron chi connectivity index (χ1n) is 6.56. The van der Waals surface area contributed by atoms with Crippen molar-refractivity contribution in [3.8, 4) is 11.8 Å². The molecular formula is C16H15N2S. The van der Waals surface area contributed by atoms with E-state index in [1.807, 2.05) is 24.3 Å². The smallest absolute Gasteiger partial charge is 0.124 e. The van der Waals surface area contributed by atoms with Gasteiger partial charge in [-0.3, -0.25) is 0 Å². The molecule has 1 aromatic carbocycles. The summed E-state index contributed by atoms with van der Waals surface area (Å²) < 4.78 is 0. The van der Waals surface area contributed by atoms with Crippen LogP contribution in [0.2, 0.25) is 0 Å². The van der Waals surface area contributed by atoms with Gasteiger partial charge in [0.2, 0.25) is 0 Å². The fraction of sp³-hybridized carbons (Fsp3) is 0.312. The average molecular weight is 267 g/mol. The highest BCUT2D eigenvalue weighted by atomic mass is 32.1. The summed E-state index contributed by atoms with van der Waals surface area (Å²) in [6, 6.07) is 10.7.